The smallest absolute Gasteiger partial charge is 0.383 e. The summed E-state index contributed by atoms with van der Waals surface area (Å²) in [6, 6.07) is 14.7. The zero-order valence-electron chi connectivity index (χ0n) is 21.4. The van der Waals surface area contributed by atoms with E-state index < -0.39 is 23.6 Å². The molecule has 0 spiro atoms. The highest BCUT2D eigenvalue weighted by atomic mass is 19.4. The number of carbonyl (C=O) groups is 2. The van der Waals surface area contributed by atoms with Crippen molar-refractivity contribution >= 4 is 39.8 Å². The number of hydrogen-bond acceptors (Lipinski definition) is 5. The van der Waals surface area contributed by atoms with Crippen LogP contribution in [0.4, 0.5) is 30.4 Å². The van der Waals surface area contributed by atoms with Crippen LogP contribution in [0, 0.1) is 13.8 Å². The number of carbonyl (C=O) groups excluding carboxylic acids is 2. The van der Waals surface area contributed by atoms with Gasteiger partial charge in [-0.1, -0.05) is 18.2 Å². The van der Waals surface area contributed by atoms with Crippen LogP contribution < -0.4 is 16.4 Å². The van der Waals surface area contributed by atoms with E-state index in [2.05, 4.69) is 20.6 Å². The van der Waals surface area contributed by atoms with E-state index in [1.165, 1.54) is 35.3 Å². The Hall–Kier alpha value is -5.19. The van der Waals surface area contributed by atoms with Gasteiger partial charge in [0.25, 0.3) is 11.8 Å². The van der Waals surface area contributed by atoms with Gasteiger partial charge in [-0.15, -0.1) is 0 Å². The number of pyridine rings is 1. The van der Waals surface area contributed by atoms with Gasteiger partial charge in [0, 0.05) is 46.0 Å². The normalized spacial score (nSPS) is 11.4. The van der Waals surface area contributed by atoms with Crippen molar-refractivity contribution in [2.24, 2.45) is 0 Å². The number of amides is 2. The molecule has 0 unspecified atom stereocenters. The minimum atomic E-state index is -4.63. The quantitative estimate of drug-likeness (QED) is 0.246. The minimum Gasteiger partial charge on any atom is -0.383 e. The monoisotopic (exact) mass is 544 g/mol. The van der Waals surface area contributed by atoms with Crippen LogP contribution in [0.1, 0.15) is 37.5 Å². The number of imidazole rings is 1. The maximum Gasteiger partial charge on any atom is 0.416 e. The van der Waals surface area contributed by atoms with Gasteiger partial charge in [0.15, 0.2) is 0 Å². The Balaban J connectivity index is 1.42. The standard InChI is InChI=1S/C29H23F3N6O2/c1-16-6-7-18(10-25(16)37-28(40)24-5-3-4-23-22(24)8-9-34-26(23)33)27(39)36-20-11-19(29(30,31)32)12-21(13-20)38-14-17(2)35-15-38/h3-15H,1-2H3,(H2,33,34)(H,36,39)(H,37,40). The van der Waals surface area contributed by atoms with E-state index in [4.69, 9.17) is 5.73 Å². The Morgan fingerprint density at radius 2 is 1.70 bits per heavy atom. The maximum absolute atomic E-state index is 13.6. The number of nitrogen functional groups attached to an aromatic ring is 1. The topological polar surface area (TPSA) is 115 Å². The van der Waals surface area contributed by atoms with Crippen LogP contribution in [0.15, 0.2) is 79.4 Å². The number of hydrogen-bond donors (Lipinski definition) is 3. The first-order chi connectivity index (χ1) is 19.0. The fourth-order valence-corrected chi connectivity index (χ4v) is 4.28. The van der Waals surface area contributed by atoms with Gasteiger partial charge in [0.05, 0.1) is 17.6 Å². The van der Waals surface area contributed by atoms with E-state index in [9.17, 15) is 22.8 Å². The first kappa shape index (κ1) is 26.4. The van der Waals surface area contributed by atoms with Gasteiger partial charge < -0.3 is 20.9 Å². The summed E-state index contributed by atoms with van der Waals surface area (Å²) in [6.07, 6.45) is -0.143. The van der Waals surface area contributed by atoms with Gasteiger partial charge in [-0.25, -0.2) is 9.97 Å². The van der Waals surface area contributed by atoms with E-state index in [1.54, 1.807) is 50.4 Å². The fraction of sp³-hybridized carbons (Fsp3) is 0.103. The summed E-state index contributed by atoms with van der Waals surface area (Å²) in [7, 11) is 0. The number of rotatable bonds is 5. The van der Waals surface area contributed by atoms with Crippen LogP contribution >= 0.6 is 0 Å². The van der Waals surface area contributed by atoms with E-state index in [1.807, 2.05) is 0 Å². The molecule has 5 aromatic rings. The lowest BCUT2D eigenvalue weighted by atomic mass is 10.0. The number of aryl methyl sites for hydroxylation is 2. The van der Waals surface area contributed by atoms with Gasteiger partial charge in [0.2, 0.25) is 0 Å². The van der Waals surface area contributed by atoms with Gasteiger partial charge in [0.1, 0.15) is 5.82 Å². The average Bonchev–Trinajstić information content (AvgIpc) is 3.35. The molecule has 2 amide bonds. The largest absolute Gasteiger partial charge is 0.416 e. The van der Waals surface area contributed by atoms with Crippen LogP contribution in [0.2, 0.25) is 0 Å². The molecule has 0 aliphatic rings. The highest BCUT2D eigenvalue weighted by Gasteiger charge is 2.31. The third-order valence-corrected chi connectivity index (χ3v) is 6.34. The second kappa shape index (κ2) is 10.2. The minimum absolute atomic E-state index is 0.0470. The summed E-state index contributed by atoms with van der Waals surface area (Å²) >= 11 is 0. The van der Waals surface area contributed by atoms with Gasteiger partial charge in [-0.3, -0.25) is 9.59 Å². The summed E-state index contributed by atoms with van der Waals surface area (Å²) in [6.45, 7) is 3.47. The number of fused-ring (bicyclic) bond motifs is 1. The van der Waals surface area contributed by atoms with Gasteiger partial charge >= 0.3 is 6.18 Å². The molecule has 0 saturated carbocycles. The average molecular weight is 545 g/mol. The van der Waals surface area contributed by atoms with Crippen molar-refractivity contribution in [1.29, 1.82) is 0 Å². The zero-order valence-corrected chi connectivity index (χ0v) is 21.4. The summed E-state index contributed by atoms with van der Waals surface area (Å²) in [4.78, 5) is 34.4. The van der Waals surface area contributed by atoms with Crippen molar-refractivity contribution in [3.63, 3.8) is 0 Å². The van der Waals surface area contributed by atoms with E-state index in [0.29, 0.717) is 39.1 Å². The Morgan fingerprint density at radius 1 is 0.900 bits per heavy atom. The van der Waals surface area contributed by atoms with E-state index in [0.717, 1.165) is 12.1 Å². The molecule has 40 heavy (non-hydrogen) atoms. The third-order valence-electron chi connectivity index (χ3n) is 6.34. The number of halogens is 3. The van der Waals surface area contributed by atoms with Crippen molar-refractivity contribution in [2.45, 2.75) is 20.0 Å². The molecule has 0 radical (unpaired) electrons. The van der Waals surface area contributed by atoms with E-state index >= 15 is 0 Å². The molecule has 11 heteroatoms. The van der Waals surface area contributed by atoms with Crippen LogP contribution in [0.3, 0.4) is 0 Å². The molecule has 2 aromatic heterocycles. The molecule has 4 N–H and O–H groups in total. The number of nitrogens with two attached hydrogens (primary N) is 1. The lowest BCUT2D eigenvalue weighted by Gasteiger charge is -2.15. The number of nitrogens with zero attached hydrogens (tertiary/aromatic N) is 3. The van der Waals surface area contributed by atoms with Crippen molar-refractivity contribution in [3.8, 4) is 5.69 Å². The van der Waals surface area contributed by atoms with Crippen LogP contribution in [-0.4, -0.2) is 26.3 Å². The predicted molar refractivity (Wildman–Crippen MR) is 147 cm³/mol. The first-order valence-electron chi connectivity index (χ1n) is 12.1. The fourth-order valence-electron chi connectivity index (χ4n) is 4.28. The molecular weight excluding hydrogens is 521 g/mol. The Morgan fingerprint density at radius 3 is 2.42 bits per heavy atom. The molecular formula is C29H23F3N6O2. The molecule has 0 bridgehead atoms. The van der Waals surface area contributed by atoms with Crippen LogP contribution in [0.25, 0.3) is 16.5 Å². The molecule has 0 fully saturated rings. The summed E-state index contributed by atoms with van der Waals surface area (Å²) in [5.74, 6) is -0.774. The molecule has 202 valence electrons. The van der Waals surface area contributed by atoms with Crippen molar-refractivity contribution in [2.75, 3.05) is 16.4 Å². The Kier molecular flexibility index (Phi) is 6.72. The highest BCUT2D eigenvalue weighted by molar-refractivity contribution is 6.14. The Labute approximate surface area is 226 Å². The van der Waals surface area contributed by atoms with Crippen molar-refractivity contribution < 1.29 is 22.8 Å². The van der Waals surface area contributed by atoms with Crippen LogP contribution in [0.5, 0.6) is 0 Å². The lowest BCUT2D eigenvalue weighted by Crippen LogP contribution is -2.16. The van der Waals surface area contributed by atoms with E-state index in [-0.39, 0.29) is 16.9 Å². The predicted octanol–water partition coefficient (Wildman–Crippen LogP) is 6.14. The number of aromatic nitrogens is 3. The lowest BCUT2D eigenvalue weighted by molar-refractivity contribution is -0.137. The number of anilines is 3. The van der Waals surface area contributed by atoms with Gasteiger partial charge in [-0.05, 0) is 67.3 Å². The molecule has 0 atom stereocenters. The van der Waals surface area contributed by atoms with Crippen molar-refractivity contribution in [1.82, 2.24) is 14.5 Å². The second-order valence-corrected chi connectivity index (χ2v) is 9.22. The maximum atomic E-state index is 13.6. The number of nitrogens with one attached hydrogen (secondary N) is 2. The van der Waals surface area contributed by atoms with Crippen molar-refractivity contribution in [3.05, 3.63) is 107 Å². The van der Waals surface area contributed by atoms with Gasteiger partial charge in [-0.2, -0.15) is 13.2 Å². The Bertz CT molecular complexity index is 1780. The molecule has 0 aliphatic carbocycles. The second-order valence-electron chi connectivity index (χ2n) is 9.22. The number of benzene rings is 3. The molecule has 3 aromatic carbocycles. The molecule has 5 rings (SSSR count). The molecule has 0 aliphatic heterocycles. The summed E-state index contributed by atoms with van der Waals surface area (Å²) < 4.78 is 42.3. The first-order valence-corrected chi connectivity index (χ1v) is 12.1. The summed E-state index contributed by atoms with van der Waals surface area (Å²) in [5, 5.41) is 6.61. The summed E-state index contributed by atoms with van der Waals surface area (Å²) in [5.41, 5.74) is 7.35. The zero-order chi connectivity index (χ0) is 28.6. The SMILES string of the molecule is Cc1cn(-c2cc(NC(=O)c3ccc(C)c(NC(=O)c4cccc5c(N)nccc45)c3)cc(C(F)(F)F)c2)cn1. The number of alkyl halides is 3. The highest BCUT2D eigenvalue weighted by Crippen LogP contribution is 2.33. The molecule has 8 nitrogen and oxygen atoms in total. The molecule has 0 saturated heterocycles. The molecule has 2 heterocycles. The third kappa shape index (κ3) is 5.35. The van der Waals surface area contributed by atoms with Crippen LogP contribution in [-0.2, 0) is 6.18 Å².